The molecule has 0 radical (unpaired) electrons. The van der Waals surface area contributed by atoms with Crippen molar-refractivity contribution in [2.24, 2.45) is 5.92 Å². The van der Waals surface area contributed by atoms with Gasteiger partial charge >= 0.3 is 0 Å². The number of Topliss-reactive ketones (excluding diaryl/α,β-unsaturated/α-hetero) is 1. The van der Waals surface area contributed by atoms with Crippen molar-refractivity contribution in [2.45, 2.75) is 44.1 Å². The number of carbonyl (C=O) groups is 2. The molecule has 34 heavy (non-hydrogen) atoms. The van der Waals surface area contributed by atoms with Crippen molar-refractivity contribution < 1.29 is 9.59 Å². The number of anilines is 2. The van der Waals surface area contributed by atoms with E-state index in [9.17, 15) is 9.59 Å². The van der Waals surface area contributed by atoms with Crippen molar-refractivity contribution >= 4 is 34.4 Å². The Morgan fingerprint density at radius 3 is 2.53 bits per heavy atom. The molecule has 1 fully saturated rings. The number of aromatic nitrogens is 2. The Kier molecular flexibility index (Phi) is 6.18. The van der Waals surface area contributed by atoms with Crippen LogP contribution in [0.5, 0.6) is 0 Å². The normalized spacial score (nSPS) is 21.8. The summed E-state index contributed by atoms with van der Waals surface area (Å²) < 4.78 is 0. The fraction of sp³-hybridized carbons (Fsp3) is 0.407. The van der Waals surface area contributed by atoms with E-state index in [1.807, 2.05) is 67.5 Å². The Morgan fingerprint density at radius 1 is 1.00 bits per heavy atom. The number of benzene rings is 2. The summed E-state index contributed by atoms with van der Waals surface area (Å²) in [7, 11) is 4.00. The molecule has 3 aromatic rings. The largest absolute Gasteiger partial charge is 0.362 e. The molecule has 7 nitrogen and oxygen atoms in total. The van der Waals surface area contributed by atoms with Crippen LogP contribution in [0.15, 0.2) is 48.5 Å². The molecule has 5 rings (SSSR count). The zero-order chi connectivity index (χ0) is 23.7. The van der Waals surface area contributed by atoms with Crippen LogP contribution in [-0.2, 0) is 4.79 Å². The fourth-order valence-electron chi connectivity index (χ4n) is 5.22. The Morgan fingerprint density at radius 2 is 1.74 bits per heavy atom. The van der Waals surface area contributed by atoms with Gasteiger partial charge in [-0.05, 0) is 49.3 Å². The molecule has 1 aromatic heterocycles. The van der Waals surface area contributed by atoms with Crippen LogP contribution in [0.2, 0.25) is 0 Å². The molecule has 1 saturated carbocycles. The summed E-state index contributed by atoms with van der Waals surface area (Å²) in [5.41, 5.74) is 2.50. The van der Waals surface area contributed by atoms with E-state index in [0.717, 1.165) is 48.0 Å². The molecule has 7 heteroatoms. The minimum Gasteiger partial charge on any atom is -0.362 e. The van der Waals surface area contributed by atoms with Crippen LogP contribution in [-0.4, -0.2) is 48.3 Å². The summed E-state index contributed by atoms with van der Waals surface area (Å²) in [6.07, 6.45) is 4.37. The summed E-state index contributed by atoms with van der Waals surface area (Å²) in [5, 5.41) is 7.70. The number of fused-ring (bicyclic) bond motifs is 2. The smallest absolute Gasteiger partial charge is 0.228 e. The maximum atomic E-state index is 12.8. The first kappa shape index (κ1) is 22.3. The highest BCUT2D eigenvalue weighted by Crippen LogP contribution is 2.33. The molecular weight excluding hydrogens is 426 g/mol. The lowest BCUT2D eigenvalue weighted by Crippen LogP contribution is -2.36. The van der Waals surface area contributed by atoms with Crippen molar-refractivity contribution in [2.75, 3.05) is 30.9 Å². The molecule has 0 bridgehead atoms. The van der Waals surface area contributed by atoms with Crippen molar-refractivity contribution in [3.63, 3.8) is 0 Å². The number of rotatable bonds is 6. The second kappa shape index (κ2) is 9.41. The molecule has 176 valence electrons. The minimum atomic E-state index is -0.349. The monoisotopic (exact) mass is 457 g/mol. The highest BCUT2D eigenvalue weighted by atomic mass is 16.2. The van der Waals surface area contributed by atoms with Gasteiger partial charge in [0.2, 0.25) is 11.9 Å². The van der Waals surface area contributed by atoms with Gasteiger partial charge in [0, 0.05) is 44.1 Å². The number of hydrogen-bond donors (Lipinski definition) is 2. The van der Waals surface area contributed by atoms with Crippen LogP contribution < -0.4 is 15.5 Å². The summed E-state index contributed by atoms with van der Waals surface area (Å²) in [5.74, 6) is 1.72. The van der Waals surface area contributed by atoms with Gasteiger partial charge in [-0.2, -0.15) is 4.98 Å². The van der Waals surface area contributed by atoms with Crippen LogP contribution in [0.4, 0.5) is 11.8 Å². The van der Waals surface area contributed by atoms with E-state index in [1.54, 1.807) is 0 Å². The molecule has 2 N–H and O–H groups in total. The van der Waals surface area contributed by atoms with Gasteiger partial charge in [-0.1, -0.05) is 36.4 Å². The van der Waals surface area contributed by atoms with Crippen LogP contribution in [0, 0.1) is 5.92 Å². The van der Waals surface area contributed by atoms with Gasteiger partial charge in [0.05, 0.1) is 11.4 Å². The predicted octanol–water partition coefficient (Wildman–Crippen LogP) is 4.15. The average Bonchev–Trinajstić information content (AvgIpc) is 3.19. The Balaban J connectivity index is 1.15. The zero-order valence-electron chi connectivity index (χ0n) is 19.8. The maximum Gasteiger partial charge on any atom is 0.228 e. The van der Waals surface area contributed by atoms with Gasteiger partial charge in [0.1, 0.15) is 5.82 Å². The van der Waals surface area contributed by atoms with Crippen molar-refractivity contribution in [1.29, 1.82) is 0 Å². The number of amides is 1. The van der Waals surface area contributed by atoms with Gasteiger partial charge in [-0.3, -0.25) is 9.59 Å². The van der Waals surface area contributed by atoms with Gasteiger partial charge in [-0.25, -0.2) is 4.98 Å². The van der Waals surface area contributed by atoms with Gasteiger partial charge in [0.15, 0.2) is 5.78 Å². The lowest BCUT2D eigenvalue weighted by molar-refractivity contribution is -0.122. The predicted molar refractivity (Wildman–Crippen MR) is 134 cm³/mol. The molecule has 1 amide bonds. The maximum absolute atomic E-state index is 12.8. The van der Waals surface area contributed by atoms with Gasteiger partial charge in [0.25, 0.3) is 0 Å². The summed E-state index contributed by atoms with van der Waals surface area (Å²) in [6.45, 7) is 0.662. The molecule has 2 aromatic carbocycles. The molecule has 0 aliphatic heterocycles. The molecule has 2 aliphatic rings. The molecule has 1 unspecified atom stereocenters. The van der Waals surface area contributed by atoms with E-state index >= 15 is 0 Å². The first-order valence-electron chi connectivity index (χ1n) is 12.1. The first-order valence-corrected chi connectivity index (χ1v) is 12.1. The fourth-order valence-corrected chi connectivity index (χ4v) is 5.22. The topological polar surface area (TPSA) is 87.2 Å². The van der Waals surface area contributed by atoms with E-state index in [4.69, 9.17) is 9.97 Å². The van der Waals surface area contributed by atoms with E-state index in [2.05, 4.69) is 10.6 Å². The lowest BCUT2D eigenvalue weighted by atomic mass is 9.86. The molecule has 1 heterocycles. The van der Waals surface area contributed by atoms with Crippen molar-refractivity contribution in [1.82, 2.24) is 15.3 Å². The molecule has 1 atom stereocenters. The number of nitrogens with one attached hydrogen (secondary N) is 2. The Labute approximate surface area is 200 Å². The molecular formula is C27H31N5O2. The van der Waals surface area contributed by atoms with Gasteiger partial charge < -0.3 is 15.5 Å². The van der Waals surface area contributed by atoms with Crippen molar-refractivity contribution in [3.05, 3.63) is 59.7 Å². The highest BCUT2D eigenvalue weighted by Gasteiger charge is 2.34. The second-order valence-corrected chi connectivity index (χ2v) is 9.66. The third-order valence-corrected chi connectivity index (χ3v) is 7.09. The summed E-state index contributed by atoms with van der Waals surface area (Å²) >= 11 is 0. The number of para-hydroxylation sites is 1. The van der Waals surface area contributed by atoms with Crippen LogP contribution in [0.3, 0.4) is 0 Å². The van der Waals surface area contributed by atoms with Crippen LogP contribution in [0.25, 0.3) is 10.9 Å². The standard InChI is InChI=1S/C27H31N5O2/c1-32(2)25-21-9-5-6-10-23(21)30-27(31-25)29-18-13-11-17(12-14-18)16-28-26(34)22-15-24(33)20-8-4-3-7-19(20)22/h3-10,17-18,22H,11-16H2,1-2H3,(H,28,34)(H,29,30,31)/t17-,18+,22?. The Hall–Kier alpha value is -3.48. The molecule has 0 saturated heterocycles. The molecule has 0 spiro atoms. The van der Waals surface area contributed by atoms with Gasteiger partial charge in [-0.15, -0.1) is 0 Å². The van der Waals surface area contributed by atoms with Crippen LogP contribution in [0.1, 0.15) is 53.9 Å². The number of nitrogens with zero attached hydrogens (tertiary/aromatic N) is 3. The number of ketones is 1. The summed E-state index contributed by atoms with van der Waals surface area (Å²) in [6, 6.07) is 15.9. The minimum absolute atomic E-state index is 0.0284. The van der Waals surface area contributed by atoms with E-state index < -0.39 is 0 Å². The third kappa shape index (κ3) is 4.47. The van der Waals surface area contributed by atoms with Crippen molar-refractivity contribution in [3.8, 4) is 0 Å². The Bertz CT molecular complexity index is 1220. The van der Waals surface area contributed by atoms with E-state index in [-0.39, 0.29) is 24.0 Å². The highest BCUT2D eigenvalue weighted by molar-refractivity contribution is 6.06. The van der Waals surface area contributed by atoms with Crippen LogP contribution >= 0.6 is 0 Å². The quantitative estimate of drug-likeness (QED) is 0.578. The third-order valence-electron chi connectivity index (χ3n) is 7.09. The SMILES string of the molecule is CN(C)c1nc(N[C@H]2CC[C@@H](CNC(=O)C3CC(=O)c4ccccc43)CC2)nc2ccccc12. The zero-order valence-corrected chi connectivity index (χ0v) is 19.8. The number of carbonyl (C=O) groups excluding carboxylic acids is 2. The van der Waals surface area contributed by atoms with E-state index in [0.29, 0.717) is 30.0 Å². The number of hydrogen-bond acceptors (Lipinski definition) is 6. The molecule has 2 aliphatic carbocycles. The first-order chi connectivity index (χ1) is 16.5. The second-order valence-electron chi connectivity index (χ2n) is 9.66. The lowest BCUT2D eigenvalue weighted by Gasteiger charge is -2.29. The summed E-state index contributed by atoms with van der Waals surface area (Å²) in [4.78, 5) is 36.5. The van der Waals surface area contributed by atoms with E-state index in [1.165, 1.54) is 0 Å². The average molecular weight is 458 g/mol.